The number of nitrogens with zero attached hydrogens (tertiary/aromatic N) is 2. The second-order valence-electron chi connectivity index (χ2n) is 7.39. The zero-order chi connectivity index (χ0) is 21.8. The smallest absolute Gasteiger partial charge is 0.161 e. The Hall–Kier alpha value is -3.75. The minimum atomic E-state index is -0.121. The summed E-state index contributed by atoms with van der Waals surface area (Å²) in [7, 11) is 0. The van der Waals surface area contributed by atoms with E-state index in [0.717, 1.165) is 33.9 Å². The van der Waals surface area contributed by atoms with Crippen LogP contribution in [0.3, 0.4) is 0 Å². The molecule has 4 aromatic rings. The summed E-state index contributed by atoms with van der Waals surface area (Å²) in [5, 5.41) is 10.7. The molecule has 5 rings (SSSR count). The van der Waals surface area contributed by atoms with Crippen molar-refractivity contribution in [1.29, 1.82) is 5.26 Å². The SMILES string of the molecule is N#Cc1c(-c2ccccc2)cc(-c2ccccc2)nc1SCC1COc2ccccc2O1. The molecule has 0 aliphatic carbocycles. The number of ether oxygens (including phenoxy) is 2. The second kappa shape index (κ2) is 9.17. The summed E-state index contributed by atoms with van der Waals surface area (Å²) in [5.74, 6) is 2.14. The number of hydrogen-bond acceptors (Lipinski definition) is 5. The standard InChI is InChI=1S/C27H20N2O2S/c28-16-23-22(19-9-3-1-4-10-19)15-24(20-11-5-2-6-12-20)29-27(23)32-18-21-17-30-25-13-7-8-14-26(25)31-21/h1-15,21H,17-18H2. The van der Waals surface area contributed by atoms with Gasteiger partial charge in [-0.25, -0.2) is 4.98 Å². The quantitative estimate of drug-likeness (QED) is 0.348. The van der Waals surface area contributed by atoms with E-state index in [0.29, 0.717) is 22.9 Å². The van der Waals surface area contributed by atoms with Crippen LogP contribution in [0.25, 0.3) is 22.4 Å². The zero-order valence-corrected chi connectivity index (χ0v) is 18.1. The highest BCUT2D eigenvalue weighted by Crippen LogP contribution is 2.36. The lowest BCUT2D eigenvalue weighted by Crippen LogP contribution is -2.31. The summed E-state index contributed by atoms with van der Waals surface area (Å²) in [6.45, 7) is 0.468. The molecule has 0 spiro atoms. The minimum Gasteiger partial charge on any atom is -0.486 e. The van der Waals surface area contributed by atoms with Crippen LogP contribution in [0, 0.1) is 11.3 Å². The van der Waals surface area contributed by atoms with Gasteiger partial charge in [-0.1, -0.05) is 72.8 Å². The number of rotatable bonds is 5. The van der Waals surface area contributed by atoms with Gasteiger partial charge in [0.15, 0.2) is 11.5 Å². The highest BCUT2D eigenvalue weighted by molar-refractivity contribution is 7.99. The summed E-state index contributed by atoms with van der Waals surface area (Å²) in [6, 6.07) is 32.1. The molecule has 3 aromatic carbocycles. The Kier molecular flexibility index (Phi) is 5.78. The molecule has 1 unspecified atom stereocenters. The van der Waals surface area contributed by atoms with Crippen molar-refractivity contribution in [1.82, 2.24) is 4.98 Å². The largest absolute Gasteiger partial charge is 0.486 e. The normalized spacial score (nSPS) is 14.5. The van der Waals surface area contributed by atoms with E-state index in [-0.39, 0.29) is 6.10 Å². The highest BCUT2D eigenvalue weighted by Gasteiger charge is 2.23. The van der Waals surface area contributed by atoms with Gasteiger partial charge >= 0.3 is 0 Å². The number of para-hydroxylation sites is 2. The summed E-state index contributed by atoms with van der Waals surface area (Å²) in [6.07, 6.45) is -0.121. The molecular formula is C27H20N2O2S. The topological polar surface area (TPSA) is 55.1 Å². The Morgan fingerprint density at radius 2 is 1.53 bits per heavy atom. The van der Waals surface area contributed by atoms with E-state index < -0.39 is 0 Å². The molecule has 156 valence electrons. The van der Waals surface area contributed by atoms with Gasteiger partial charge in [0.2, 0.25) is 0 Å². The first-order valence-electron chi connectivity index (χ1n) is 10.4. The molecule has 4 nitrogen and oxygen atoms in total. The first-order valence-corrected chi connectivity index (χ1v) is 11.4. The predicted molar refractivity (Wildman–Crippen MR) is 127 cm³/mol. The van der Waals surface area contributed by atoms with Gasteiger partial charge in [-0.2, -0.15) is 5.26 Å². The van der Waals surface area contributed by atoms with Crippen molar-refractivity contribution in [2.45, 2.75) is 11.1 Å². The molecule has 1 aliphatic rings. The number of thioether (sulfide) groups is 1. The first-order chi connectivity index (χ1) is 15.8. The third kappa shape index (κ3) is 4.18. The van der Waals surface area contributed by atoms with Gasteiger partial charge in [-0.3, -0.25) is 0 Å². The number of fused-ring (bicyclic) bond motifs is 1. The summed E-state index contributed by atoms with van der Waals surface area (Å²) in [4.78, 5) is 4.87. The molecule has 1 atom stereocenters. The van der Waals surface area contributed by atoms with E-state index in [9.17, 15) is 5.26 Å². The van der Waals surface area contributed by atoms with Gasteiger partial charge in [0.05, 0.1) is 11.3 Å². The summed E-state index contributed by atoms with van der Waals surface area (Å²) in [5.41, 5.74) is 4.32. The summed E-state index contributed by atoms with van der Waals surface area (Å²) >= 11 is 1.53. The molecule has 0 fully saturated rings. The average molecular weight is 437 g/mol. The monoisotopic (exact) mass is 436 g/mol. The third-order valence-electron chi connectivity index (χ3n) is 5.23. The number of aromatic nitrogens is 1. The van der Waals surface area contributed by atoms with Crippen LogP contribution in [0.5, 0.6) is 11.5 Å². The first kappa shape index (κ1) is 20.2. The molecule has 32 heavy (non-hydrogen) atoms. The zero-order valence-electron chi connectivity index (χ0n) is 17.3. The number of pyridine rings is 1. The molecule has 1 aliphatic heterocycles. The van der Waals surface area contributed by atoms with E-state index in [1.165, 1.54) is 11.8 Å². The molecular weight excluding hydrogens is 416 g/mol. The maximum atomic E-state index is 10.0. The highest BCUT2D eigenvalue weighted by atomic mass is 32.2. The van der Waals surface area contributed by atoms with Crippen LogP contribution in [-0.4, -0.2) is 23.4 Å². The number of nitriles is 1. The van der Waals surface area contributed by atoms with Crippen LogP contribution in [0.1, 0.15) is 5.56 Å². The van der Waals surface area contributed by atoms with Crippen molar-refractivity contribution < 1.29 is 9.47 Å². The lowest BCUT2D eigenvalue weighted by molar-refractivity contribution is 0.107. The molecule has 0 saturated carbocycles. The van der Waals surface area contributed by atoms with Crippen LogP contribution in [-0.2, 0) is 0 Å². The fourth-order valence-electron chi connectivity index (χ4n) is 3.65. The Balaban J connectivity index is 1.49. The molecule has 0 radical (unpaired) electrons. The summed E-state index contributed by atoms with van der Waals surface area (Å²) < 4.78 is 11.9. The molecule has 1 aromatic heterocycles. The van der Waals surface area contributed by atoms with Crippen molar-refractivity contribution in [3.8, 4) is 40.0 Å². The van der Waals surface area contributed by atoms with Crippen molar-refractivity contribution >= 4 is 11.8 Å². The fourth-order valence-corrected chi connectivity index (χ4v) is 4.62. The van der Waals surface area contributed by atoms with Crippen LogP contribution in [0.4, 0.5) is 0 Å². The van der Waals surface area contributed by atoms with E-state index in [1.807, 2.05) is 91.0 Å². The molecule has 0 bridgehead atoms. The van der Waals surface area contributed by atoms with Crippen molar-refractivity contribution in [3.05, 3.63) is 96.6 Å². The molecule has 0 N–H and O–H groups in total. The molecule has 0 amide bonds. The Labute approximate surface area is 191 Å². The van der Waals surface area contributed by atoms with Gasteiger partial charge in [0, 0.05) is 16.9 Å². The van der Waals surface area contributed by atoms with Crippen LogP contribution in [0.15, 0.2) is 96.0 Å². The Morgan fingerprint density at radius 1 is 0.875 bits per heavy atom. The lowest BCUT2D eigenvalue weighted by Gasteiger charge is -2.26. The average Bonchev–Trinajstić information content (AvgIpc) is 2.87. The van der Waals surface area contributed by atoms with Gasteiger partial charge in [-0.05, 0) is 23.8 Å². The maximum Gasteiger partial charge on any atom is 0.161 e. The van der Waals surface area contributed by atoms with Crippen LogP contribution in [0.2, 0.25) is 0 Å². The predicted octanol–water partition coefficient (Wildman–Crippen LogP) is 6.22. The minimum absolute atomic E-state index is 0.121. The van der Waals surface area contributed by atoms with Gasteiger partial charge < -0.3 is 9.47 Å². The van der Waals surface area contributed by atoms with Crippen molar-refractivity contribution in [2.24, 2.45) is 0 Å². The maximum absolute atomic E-state index is 10.0. The third-order valence-corrected chi connectivity index (χ3v) is 6.33. The van der Waals surface area contributed by atoms with Crippen LogP contribution < -0.4 is 9.47 Å². The van der Waals surface area contributed by atoms with E-state index in [1.54, 1.807) is 0 Å². The lowest BCUT2D eigenvalue weighted by atomic mass is 9.99. The van der Waals surface area contributed by atoms with Crippen LogP contribution >= 0.6 is 11.8 Å². The van der Waals surface area contributed by atoms with E-state index in [4.69, 9.17) is 14.5 Å². The van der Waals surface area contributed by atoms with Crippen molar-refractivity contribution in [2.75, 3.05) is 12.4 Å². The molecule has 0 saturated heterocycles. The number of benzene rings is 3. The van der Waals surface area contributed by atoms with E-state index >= 15 is 0 Å². The fraction of sp³-hybridized carbons (Fsp3) is 0.111. The van der Waals surface area contributed by atoms with Gasteiger partial charge in [-0.15, -0.1) is 11.8 Å². The second-order valence-corrected chi connectivity index (χ2v) is 8.40. The van der Waals surface area contributed by atoms with Gasteiger partial charge in [0.1, 0.15) is 23.8 Å². The molecule has 5 heteroatoms. The van der Waals surface area contributed by atoms with Gasteiger partial charge in [0.25, 0.3) is 0 Å². The number of hydrogen-bond donors (Lipinski definition) is 0. The van der Waals surface area contributed by atoms with Crippen molar-refractivity contribution in [3.63, 3.8) is 0 Å². The van der Waals surface area contributed by atoms with E-state index in [2.05, 4.69) is 6.07 Å². The molecule has 2 heterocycles. The Bertz CT molecular complexity index is 1270. The Morgan fingerprint density at radius 3 is 2.25 bits per heavy atom.